The van der Waals surface area contributed by atoms with Crippen molar-refractivity contribution < 1.29 is 18.7 Å². The van der Waals surface area contributed by atoms with Crippen LogP contribution in [-0.2, 0) is 9.53 Å². The summed E-state index contributed by atoms with van der Waals surface area (Å²) in [4.78, 5) is 40.7. The summed E-state index contributed by atoms with van der Waals surface area (Å²) in [5.41, 5.74) is 1.06. The number of rotatable bonds is 7. The quantitative estimate of drug-likeness (QED) is 0.218. The highest BCUT2D eigenvalue weighted by Crippen LogP contribution is 2.37. The van der Waals surface area contributed by atoms with Gasteiger partial charge >= 0.3 is 5.97 Å². The number of hydrogen-bond donors (Lipinski definition) is 0. The maximum absolute atomic E-state index is 13.9. The molecule has 1 aromatic carbocycles. The summed E-state index contributed by atoms with van der Waals surface area (Å²) in [5.74, 6) is 0.479. The van der Waals surface area contributed by atoms with E-state index in [2.05, 4.69) is 30.9 Å². The van der Waals surface area contributed by atoms with E-state index in [1.807, 2.05) is 12.1 Å². The van der Waals surface area contributed by atoms with Crippen LogP contribution < -0.4 is 19.6 Å². The topological polar surface area (TPSA) is 109 Å². The number of methoxy groups -OCH3 is 1. The SMILES string of the molecule is COc1ccc(Br)cc1[C@@H]1C(C(=O)OC(C)C)=C(C)N=c2s/c(=C\c3ccc(Sc4ncccn4)o3)c(=O)n21. The molecule has 4 aromatic rings. The smallest absolute Gasteiger partial charge is 0.338 e. The predicted molar refractivity (Wildman–Crippen MR) is 151 cm³/mol. The number of benzene rings is 1. The molecule has 1 aliphatic heterocycles. The van der Waals surface area contributed by atoms with Crippen LogP contribution in [0.25, 0.3) is 6.08 Å². The van der Waals surface area contributed by atoms with E-state index in [9.17, 15) is 9.59 Å². The fourth-order valence-electron chi connectivity index (χ4n) is 4.10. The Morgan fingerprint density at radius 1 is 1.23 bits per heavy atom. The number of fused-ring (bicyclic) bond motifs is 1. The van der Waals surface area contributed by atoms with Crippen LogP contribution in [0.5, 0.6) is 5.75 Å². The first-order chi connectivity index (χ1) is 18.7. The summed E-state index contributed by atoms with van der Waals surface area (Å²) in [7, 11) is 1.55. The second-order valence-electron chi connectivity index (χ2n) is 8.71. The number of allylic oxidation sites excluding steroid dienone is 1. The minimum Gasteiger partial charge on any atom is -0.496 e. The van der Waals surface area contributed by atoms with Crippen molar-refractivity contribution in [2.45, 2.75) is 43.2 Å². The molecule has 0 amide bonds. The Kier molecular flexibility index (Phi) is 7.87. The molecule has 12 heteroatoms. The van der Waals surface area contributed by atoms with Crippen molar-refractivity contribution in [3.8, 4) is 5.75 Å². The van der Waals surface area contributed by atoms with Gasteiger partial charge in [-0.3, -0.25) is 9.36 Å². The molecule has 200 valence electrons. The molecule has 3 aromatic heterocycles. The molecule has 0 unspecified atom stereocenters. The van der Waals surface area contributed by atoms with Crippen LogP contribution in [0.2, 0.25) is 0 Å². The lowest BCUT2D eigenvalue weighted by Gasteiger charge is -2.26. The molecule has 0 N–H and O–H groups in total. The molecule has 0 radical (unpaired) electrons. The predicted octanol–water partition coefficient (Wildman–Crippen LogP) is 4.49. The molecular weight excluding hydrogens is 604 g/mol. The Morgan fingerprint density at radius 2 is 2.00 bits per heavy atom. The Balaban J connectivity index is 1.63. The zero-order chi connectivity index (χ0) is 27.7. The third-order valence-electron chi connectivity index (χ3n) is 5.68. The van der Waals surface area contributed by atoms with Gasteiger partial charge in [0.25, 0.3) is 5.56 Å². The van der Waals surface area contributed by atoms with Gasteiger partial charge in [-0.05, 0) is 68.9 Å². The van der Waals surface area contributed by atoms with Gasteiger partial charge < -0.3 is 13.9 Å². The zero-order valence-electron chi connectivity index (χ0n) is 21.4. The Bertz CT molecular complexity index is 1760. The summed E-state index contributed by atoms with van der Waals surface area (Å²) in [6, 6.07) is 9.96. The van der Waals surface area contributed by atoms with Crippen LogP contribution >= 0.6 is 39.0 Å². The summed E-state index contributed by atoms with van der Waals surface area (Å²) in [6.45, 7) is 5.29. The molecule has 0 fully saturated rings. The van der Waals surface area contributed by atoms with Crippen molar-refractivity contribution >= 4 is 51.1 Å². The monoisotopic (exact) mass is 626 g/mol. The number of aromatic nitrogens is 3. The third-order valence-corrected chi connectivity index (χ3v) is 7.97. The summed E-state index contributed by atoms with van der Waals surface area (Å²) in [6.07, 6.45) is 4.63. The second-order valence-corrected chi connectivity index (χ2v) is 11.6. The van der Waals surface area contributed by atoms with E-state index in [0.29, 0.717) is 42.4 Å². The Hall–Kier alpha value is -3.48. The number of hydrogen-bond acceptors (Lipinski definition) is 10. The summed E-state index contributed by atoms with van der Waals surface area (Å²) >= 11 is 6.01. The van der Waals surface area contributed by atoms with Crippen LogP contribution in [0.1, 0.15) is 38.1 Å². The molecule has 0 aliphatic carbocycles. The van der Waals surface area contributed by atoms with Gasteiger partial charge in [0.15, 0.2) is 15.1 Å². The van der Waals surface area contributed by atoms with Crippen molar-refractivity contribution in [1.82, 2.24) is 14.5 Å². The summed E-state index contributed by atoms with van der Waals surface area (Å²) in [5, 5.41) is 1.14. The molecule has 5 rings (SSSR count). The number of esters is 1. The molecule has 4 heterocycles. The van der Waals surface area contributed by atoms with E-state index in [-0.39, 0.29) is 17.2 Å². The average Bonchev–Trinajstić information content (AvgIpc) is 3.46. The molecule has 0 saturated heterocycles. The van der Waals surface area contributed by atoms with Crippen molar-refractivity contribution in [2.24, 2.45) is 4.99 Å². The fraction of sp³-hybridized carbons (Fsp3) is 0.222. The molecule has 0 saturated carbocycles. The molecule has 0 bridgehead atoms. The largest absolute Gasteiger partial charge is 0.496 e. The lowest BCUT2D eigenvalue weighted by molar-refractivity contribution is -0.143. The average molecular weight is 628 g/mol. The molecule has 1 aliphatic rings. The van der Waals surface area contributed by atoms with Gasteiger partial charge in [0.2, 0.25) is 0 Å². The molecule has 1 atom stereocenters. The molecule has 39 heavy (non-hydrogen) atoms. The van der Waals surface area contributed by atoms with Crippen LogP contribution in [-0.4, -0.2) is 33.7 Å². The van der Waals surface area contributed by atoms with E-state index < -0.39 is 12.0 Å². The summed E-state index contributed by atoms with van der Waals surface area (Å²) < 4.78 is 19.8. The van der Waals surface area contributed by atoms with E-state index in [0.717, 1.165) is 4.47 Å². The van der Waals surface area contributed by atoms with Gasteiger partial charge in [-0.15, -0.1) is 0 Å². The number of thiazole rings is 1. The van der Waals surface area contributed by atoms with E-state index in [1.165, 1.54) is 27.7 Å². The molecule has 9 nitrogen and oxygen atoms in total. The van der Waals surface area contributed by atoms with Crippen molar-refractivity contribution in [2.75, 3.05) is 7.11 Å². The normalized spacial score (nSPS) is 15.3. The van der Waals surface area contributed by atoms with Crippen LogP contribution in [0.3, 0.4) is 0 Å². The maximum Gasteiger partial charge on any atom is 0.338 e. The van der Waals surface area contributed by atoms with Crippen LogP contribution in [0.15, 0.2) is 89.0 Å². The standard InChI is InChI=1S/C27H23BrN4O5S2/c1-14(2)36-25(34)22-15(3)31-27-32(23(22)18-12-16(28)6-8-19(18)35-4)24(33)20(38-27)13-17-7-9-21(37-17)39-26-29-10-5-11-30-26/h5-14,23H,1-4H3/b20-13-/t23-/m1/s1. The molecular formula is C27H23BrN4O5S2. The first-order valence-corrected chi connectivity index (χ1v) is 14.3. The fourth-order valence-corrected chi connectivity index (χ4v) is 6.18. The van der Waals surface area contributed by atoms with Crippen LogP contribution in [0, 0.1) is 0 Å². The number of nitrogens with zero attached hydrogens (tertiary/aromatic N) is 4. The lowest BCUT2D eigenvalue weighted by Crippen LogP contribution is -2.40. The van der Waals surface area contributed by atoms with Gasteiger partial charge in [0.05, 0.1) is 29.0 Å². The number of carbonyl (C=O) groups is 1. The highest BCUT2D eigenvalue weighted by molar-refractivity contribution is 9.10. The Labute approximate surface area is 240 Å². The van der Waals surface area contributed by atoms with Crippen LogP contribution in [0.4, 0.5) is 0 Å². The number of ether oxygens (including phenoxy) is 2. The second kappa shape index (κ2) is 11.3. The highest BCUT2D eigenvalue weighted by Gasteiger charge is 2.35. The number of carbonyl (C=O) groups excluding carboxylic acids is 1. The minimum atomic E-state index is -0.806. The van der Waals surface area contributed by atoms with Crippen molar-refractivity contribution in [3.05, 3.63) is 95.5 Å². The third kappa shape index (κ3) is 5.63. The minimum absolute atomic E-state index is 0.276. The van der Waals surface area contributed by atoms with E-state index in [4.69, 9.17) is 13.9 Å². The van der Waals surface area contributed by atoms with Crippen molar-refractivity contribution in [1.29, 1.82) is 0 Å². The highest BCUT2D eigenvalue weighted by atomic mass is 79.9. The van der Waals surface area contributed by atoms with Gasteiger partial charge in [0.1, 0.15) is 17.6 Å². The molecule has 0 spiro atoms. The van der Waals surface area contributed by atoms with Gasteiger partial charge in [-0.25, -0.2) is 19.8 Å². The van der Waals surface area contributed by atoms with Gasteiger partial charge in [-0.1, -0.05) is 27.3 Å². The van der Waals surface area contributed by atoms with Gasteiger partial charge in [0, 0.05) is 28.5 Å². The maximum atomic E-state index is 13.9. The number of halogens is 1. The van der Waals surface area contributed by atoms with Crippen molar-refractivity contribution in [3.63, 3.8) is 0 Å². The van der Waals surface area contributed by atoms with E-state index >= 15 is 0 Å². The lowest BCUT2D eigenvalue weighted by atomic mass is 9.95. The number of furan rings is 1. The first-order valence-electron chi connectivity index (χ1n) is 11.9. The zero-order valence-corrected chi connectivity index (χ0v) is 24.6. The Morgan fingerprint density at radius 3 is 2.72 bits per heavy atom. The first kappa shape index (κ1) is 27.1. The van der Waals surface area contributed by atoms with E-state index in [1.54, 1.807) is 70.6 Å². The van der Waals surface area contributed by atoms with Gasteiger partial charge in [-0.2, -0.15) is 0 Å².